The van der Waals surface area contributed by atoms with Crippen molar-refractivity contribution >= 4 is 11.0 Å². The summed E-state index contributed by atoms with van der Waals surface area (Å²) < 4.78 is 42.9. The second kappa shape index (κ2) is 4.91. The number of phenolic OH excluding ortho intramolecular Hbond substituents is 1. The van der Waals surface area contributed by atoms with Crippen molar-refractivity contribution in [1.29, 1.82) is 0 Å². The molecule has 0 amide bonds. The molecule has 1 aromatic heterocycles. The van der Waals surface area contributed by atoms with Crippen LogP contribution in [-0.2, 0) is 6.18 Å². The molecule has 0 bridgehead atoms. The van der Waals surface area contributed by atoms with Crippen LogP contribution in [0.15, 0.2) is 57.9 Å². The summed E-state index contributed by atoms with van der Waals surface area (Å²) in [6.45, 7) is 0. The first-order chi connectivity index (χ1) is 10.4. The average Bonchev–Trinajstić information content (AvgIpc) is 2.47. The van der Waals surface area contributed by atoms with Crippen LogP contribution < -0.4 is 5.43 Å². The quantitative estimate of drug-likeness (QED) is 0.733. The van der Waals surface area contributed by atoms with Crippen LogP contribution in [0.3, 0.4) is 0 Å². The van der Waals surface area contributed by atoms with Gasteiger partial charge in [0, 0.05) is 6.07 Å². The molecule has 0 atom stereocenters. The average molecular weight is 306 g/mol. The van der Waals surface area contributed by atoms with Gasteiger partial charge in [-0.1, -0.05) is 12.1 Å². The Bertz CT molecular complexity index is 893. The number of benzene rings is 2. The van der Waals surface area contributed by atoms with Gasteiger partial charge in [-0.3, -0.25) is 4.79 Å². The highest BCUT2D eigenvalue weighted by Crippen LogP contribution is 2.30. The van der Waals surface area contributed by atoms with Gasteiger partial charge in [0.15, 0.2) is 5.43 Å². The van der Waals surface area contributed by atoms with Gasteiger partial charge in [0.1, 0.15) is 17.6 Å². The lowest BCUT2D eigenvalue weighted by Crippen LogP contribution is -2.06. The number of fused-ring (bicyclic) bond motifs is 1. The lowest BCUT2D eigenvalue weighted by atomic mass is 10.0. The standard InChI is InChI=1S/C16H9F3O3/c17-16(18,19)10-3-1-9(2-4-10)13-8-22-14-7-11(20)5-6-12(14)15(13)21/h1-8,20H. The Hall–Kier alpha value is -2.76. The molecular weight excluding hydrogens is 297 g/mol. The van der Waals surface area contributed by atoms with E-state index < -0.39 is 11.7 Å². The summed E-state index contributed by atoms with van der Waals surface area (Å²) in [5.74, 6) is -0.0436. The molecule has 2 aromatic carbocycles. The van der Waals surface area contributed by atoms with Crippen molar-refractivity contribution in [1.82, 2.24) is 0 Å². The Morgan fingerprint density at radius 1 is 1.00 bits per heavy atom. The minimum atomic E-state index is -4.43. The van der Waals surface area contributed by atoms with Crippen LogP contribution in [0.5, 0.6) is 5.75 Å². The van der Waals surface area contributed by atoms with Crippen molar-refractivity contribution in [2.45, 2.75) is 6.18 Å². The topological polar surface area (TPSA) is 50.4 Å². The van der Waals surface area contributed by atoms with Crippen molar-refractivity contribution in [2.24, 2.45) is 0 Å². The number of hydrogen-bond donors (Lipinski definition) is 1. The van der Waals surface area contributed by atoms with E-state index in [9.17, 15) is 23.1 Å². The van der Waals surface area contributed by atoms with Gasteiger partial charge in [-0.25, -0.2) is 0 Å². The second-order valence-electron chi connectivity index (χ2n) is 4.73. The maximum Gasteiger partial charge on any atom is 0.416 e. The normalized spacial score (nSPS) is 11.8. The molecule has 0 aliphatic carbocycles. The van der Waals surface area contributed by atoms with Gasteiger partial charge < -0.3 is 9.52 Å². The van der Waals surface area contributed by atoms with E-state index in [2.05, 4.69) is 0 Å². The van der Waals surface area contributed by atoms with Crippen LogP contribution in [0.25, 0.3) is 22.1 Å². The first-order valence-corrected chi connectivity index (χ1v) is 6.28. The highest BCUT2D eigenvalue weighted by molar-refractivity contribution is 5.82. The van der Waals surface area contributed by atoms with Gasteiger partial charge in [0.05, 0.1) is 16.5 Å². The van der Waals surface area contributed by atoms with Gasteiger partial charge in [0.2, 0.25) is 0 Å². The van der Waals surface area contributed by atoms with E-state index in [4.69, 9.17) is 4.42 Å². The third kappa shape index (κ3) is 2.43. The first-order valence-electron chi connectivity index (χ1n) is 6.28. The summed E-state index contributed by atoms with van der Waals surface area (Å²) in [5, 5.41) is 9.59. The molecule has 1 heterocycles. The molecule has 22 heavy (non-hydrogen) atoms. The second-order valence-corrected chi connectivity index (χ2v) is 4.73. The predicted octanol–water partition coefficient (Wildman–Crippen LogP) is 4.18. The number of halogens is 3. The summed E-state index contributed by atoms with van der Waals surface area (Å²) in [6, 6.07) is 8.32. The largest absolute Gasteiger partial charge is 0.508 e. The fraction of sp³-hybridized carbons (Fsp3) is 0.0625. The number of aromatic hydroxyl groups is 1. The zero-order valence-electron chi connectivity index (χ0n) is 11.0. The fourth-order valence-electron chi connectivity index (χ4n) is 2.16. The maximum atomic E-state index is 12.5. The molecule has 0 fully saturated rings. The highest BCUT2D eigenvalue weighted by Gasteiger charge is 2.30. The molecule has 112 valence electrons. The van der Waals surface area contributed by atoms with Crippen LogP contribution in [0.1, 0.15) is 5.56 Å². The molecule has 0 unspecified atom stereocenters. The monoisotopic (exact) mass is 306 g/mol. The van der Waals surface area contributed by atoms with E-state index >= 15 is 0 Å². The lowest BCUT2D eigenvalue weighted by molar-refractivity contribution is -0.137. The van der Waals surface area contributed by atoms with E-state index in [1.807, 2.05) is 0 Å². The minimum Gasteiger partial charge on any atom is -0.508 e. The van der Waals surface area contributed by atoms with Crippen molar-refractivity contribution in [2.75, 3.05) is 0 Å². The van der Waals surface area contributed by atoms with E-state index in [1.54, 1.807) is 0 Å². The SMILES string of the molecule is O=c1c(-c2ccc(C(F)(F)F)cc2)coc2cc(O)ccc12. The molecule has 0 spiro atoms. The third-order valence-electron chi connectivity index (χ3n) is 3.28. The van der Waals surface area contributed by atoms with Crippen LogP contribution in [0.4, 0.5) is 13.2 Å². The number of alkyl halides is 3. The number of hydrogen-bond acceptors (Lipinski definition) is 3. The molecule has 1 N–H and O–H groups in total. The third-order valence-corrected chi connectivity index (χ3v) is 3.28. The predicted molar refractivity (Wildman–Crippen MR) is 74.6 cm³/mol. The van der Waals surface area contributed by atoms with Gasteiger partial charge >= 0.3 is 6.18 Å². The van der Waals surface area contributed by atoms with E-state index in [0.29, 0.717) is 5.56 Å². The molecule has 0 radical (unpaired) electrons. The van der Waals surface area contributed by atoms with E-state index in [0.717, 1.165) is 12.1 Å². The molecule has 0 saturated carbocycles. The Kier molecular flexibility index (Phi) is 3.16. The summed E-state index contributed by atoms with van der Waals surface area (Å²) in [5.41, 5.74) is -0.461. The smallest absolute Gasteiger partial charge is 0.416 e. The first kappa shape index (κ1) is 14.2. The fourth-order valence-corrected chi connectivity index (χ4v) is 2.16. The van der Waals surface area contributed by atoms with Gasteiger partial charge in [0.25, 0.3) is 0 Å². The molecule has 3 aromatic rings. The van der Waals surface area contributed by atoms with Crippen LogP contribution >= 0.6 is 0 Å². The highest BCUT2D eigenvalue weighted by atomic mass is 19.4. The summed E-state index contributed by atoms with van der Waals surface area (Å²) >= 11 is 0. The van der Waals surface area contributed by atoms with E-state index in [1.165, 1.54) is 36.6 Å². The Labute approximate surface area is 122 Å². The Morgan fingerprint density at radius 2 is 1.68 bits per heavy atom. The van der Waals surface area contributed by atoms with Crippen molar-refractivity contribution in [3.63, 3.8) is 0 Å². The van der Waals surface area contributed by atoms with Gasteiger partial charge in [-0.05, 0) is 29.8 Å². The molecule has 6 heteroatoms. The van der Waals surface area contributed by atoms with Gasteiger partial charge in [-0.15, -0.1) is 0 Å². The molecule has 3 nitrogen and oxygen atoms in total. The van der Waals surface area contributed by atoms with Crippen LogP contribution in [0.2, 0.25) is 0 Å². The number of phenols is 1. The maximum absolute atomic E-state index is 12.5. The van der Waals surface area contributed by atoms with Gasteiger partial charge in [-0.2, -0.15) is 13.2 Å². The van der Waals surface area contributed by atoms with E-state index in [-0.39, 0.29) is 27.7 Å². The van der Waals surface area contributed by atoms with Crippen molar-refractivity contribution < 1.29 is 22.7 Å². The van der Waals surface area contributed by atoms with Crippen molar-refractivity contribution in [3.05, 3.63) is 64.5 Å². The summed E-state index contributed by atoms with van der Waals surface area (Å²) in [6.07, 6.45) is -3.25. The Morgan fingerprint density at radius 3 is 2.32 bits per heavy atom. The molecule has 0 aliphatic heterocycles. The zero-order valence-corrected chi connectivity index (χ0v) is 11.0. The van der Waals surface area contributed by atoms with Crippen molar-refractivity contribution in [3.8, 4) is 16.9 Å². The van der Waals surface area contributed by atoms with Crippen LogP contribution in [0, 0.1) is 0 Å². The Balaban J connectivity index is 2.13. The minimum absolute atomic E-state index is 0.0436. The molecular formula is C16H9F3O3. The molecule has 0 aliphatic rings. The molecule has 3 rings (SSSR count). The van der Waals surface area contributed by atoms with Crippen LogP contribution in [-0.4, -0.2) is 5.11 Å². The molecule has 0 saturated heterocycles. The summed E-state index contributed by atoms with van der Waals surface area (Å²) in [4.78, 5) is 12.4. The number of rotatable bonds is 1. The summed E-state index contributed by atoms with van der Waals surface area (Å²) in [7, 11) is 0. The lowest BCUT2D eigenvalue weighted by Gasteiger charge is -2.07. The zero-order chi connectivity index (χ0) is 15.9.